The second-order valence-electron chi connectivity index (χ2n) is 4.75. The number of rotatable bonds is 3. The molecule has 0 spiro atoms. The van der Waals surface area contributed by atoms with Gasteiger partial charge in [0.15, 0.2) is 5.69 Å². The van der Waals surface area contributed by atoms with Crippen LogP contribution in [0.15, 0.2) is 18.2 Å². The minimum Gasteiger partial charge on any atom is -0.357 e. The fourth-order valence-electron chi connectivity index (χ4n) is 2.00. The van der Waals surface area contributed by atoms with Gasteiger partial charge in [-0.05, 0) is 37.1 Å². The Morgan fingerprint density at radius 2 is 1.64 bits per heavy atom. The van der Waals surface area contributed by atoms with Gasteiger partial charge in [-0.3, -0.25) is 0 Å². The monoisotopic (exact) mass is 330 g/mol. The van der Waals surface area contributed by atoms with Crippen molar-refractivity contribution >= 4 is 29.1 Å². The predicted molar refractivity (Wildman–Crippen MR) is 80.8 cm³/mol. The van der Waals surface area contributed by atoms with Gasteiger partial charge in [-0.2, -0.15) is 18.2 Å². The van der Waals surface area contributed by atoms with Crippen LogP contribution in [-0.2, 0) is 6.18 Å². The smallest absolute Gasteiger partial charge is 0.357 e. The first-order valence-corrected chi connectivity index (χ1v) is 6.76. The standard InChI is InChI=1S/C14H14ClF3N4/c1-7-4-9(15)5-8(2)12(7)21-11-6-10(14(16,17)18)20-13(19-3)22-11/h4-6H,1-3H3,(H2,19,20,21,22). The normalized spacial score (nSPS) is 11.4. The van der Waals surface area contributed by atoms with Gasteiger partial charge in [-0.25, -0.2) is 4.98 Å². The fourth-order valence-corrected chi connectivity index (χ4v) is 2.33. The minimum atomic E-state index is -4.55. The molecule has 22 heavy (non-hydrogen) atoms. The minimum absolute atomic E-state index is 0.0557. The van der Waals surface area contributed by atoms with E-state index >= 15 is 0 Å². The first kappa shape index (κ1) is 16.4. The highest BCUT2D eigenvalue weighted by molar-refractivity contribution is 6.30. The lowest BCUT2D eigenvalue weighted by molar-refractivity contribution is -0.141. The molecule has 0 bridgehead atoms. The summed E-state index contributed by atoms with van der Waals surface area (Å²) >= 11 is 5.95. The van der Waals surface area contributed by atoms with Crippen LogP contribution in [0.2, 0.25) is 5.02 Å². The molecule has 1 heterocycles. The zero-order chi connectivity index (χ0) is 16.5. The summed E-state index contributed by atoms with van der Waals surface area (Å²) in [6.45, 7) is 3.62. The van der Waals surface area contributed by atoms with Crippen LogP contribution in [0, 0.1) is 13.8 Å². The molecule has 118 valence electrons. The molecule has 0 radical (unpaired) electrons. The van der Waals surface area contributed by atoms with Crippen molar-refractivity contribution < 1.29 is 13.2 Å². The van der Waals surface area contributed by atoms with E-state index in [-0.39, 0.29) is 11.8 Å². The van der Waals surface area contributed by atoms with Crippen LogP contribution >= 0.6 is 11.6 Å². The van der Waals surface area contributed by atoms with Gasteiger partial charge in [0.1, 0.15) is 5.82 Å². The van der Waals surface area contributed by atoms with E-state index in [1.54, 1.807) is 12.1 Å². The van der Waals surface area contributed by atoms with Crippen molar-refractivity contribution in [2.45, 2.75) is 20.0 Å². The second-order valence-corrected chi connectivity index (χ2v) is 5.19. The number of hydrogen-bond donors (Lipinski definition) is 2. The van der Waals surface area contributed by atoms with Crippen LogP contribution in [0.5, 0.6) is 0 Å². The fraction of sp³-hybridized carbons (Fsp3) is 0.286. The van der Waals surface area contributed by atoms with E-state index < -0.39 is 11.9 Å². The second kappa shape index (κ2) is 6.00. The maximum absolute atomic E-state index is 12.9. The quantitative estimate of drug-likeness (QED) is 0.866. The number of nitrogens with zero attached hydrogens (tertiary/aromatic N) is 2. The van der Waals surface area contributed by atoms with Crippen LogP contribution in [0.3, 0.4) is 0 Å². The first-order chi connectivity index (χ1) is 10.2. The number of aromatic nitrogens is 2. The summed E-state index contributed by atoms with van der Waals surface area (Å²) in [7, 11) is 1.46. The molecule has 0 aliphatic rings. The lowest BCUT2D eigenvalue weighted by Gasteiger charge is -2.15. The van der Waals surface area contributed by atoms with Gasteiger partial charge >= 0.3 is 6.18 Å². The highest BCUT2D eigenvalue weighted by atomic mass is 35.5. The van der Waals surface area contributed by atoms with Gasteiger partial charge in [-0.1, -0.05) is 11.6 Å². The summed E-state index contributed by atoms with van der Waals surface area (Å²) in [6.07, 6.45) is -4.55. The van der Waals surface area contributed by atoms with Crippen molar-refractivity contribution in [1.29, 1.82) is 0 Å². The average Bonchev–Trinajstić information content (AvgIpc) is 2.41. The summed E-state index contributed by atoms with van der Waals surface area (Å²) < 4.78 is 38.6. The van der Waals surface area contributed by atoms with E-state index in [1.165, 1.54) is 7.05 Å². The molecule has 8 heteroatoms. The molecule has 4 nitrogen and oxygen atoms in total. The number of aryl methyl sites for hydroxylation is 2. The Morgan fingerprint density at radius 1 is 1.05 bits per heavy atom. The highest BCUT2D eigenvalue weighted by Gasteiger charge is 2.33. The lowest BCUT2D eigenvalue weighted by atomic mass is 10.1. The average molecular weight is 331 g/mol. The SMILES string of the molecule is CNc1nc(Nc2c(C)cc(Cl)cc2C)cc(C(F)(F)F)n1. The topological polar surface area (TPSA) is 49.8 Å². The lowest BCUT2D eigenvalue weighted by Crippen LogP contribution is -2.12. The van der Waals surface area contributed by atoms with Crippen molar-refractivity contribution in [3.8, 4) is 0 Å². The Morgan fingerprint density at radius 3 is 2.14 bits per heavy atom. The van der Waals surface area contributed by atoms with Crippen molar-refractivity contribution in [3.63, 3.8) is 0 Å². The van der Waals surface area contributed by atoms with E-state index in [4.69, 9.17) is 11.6 Å². The maximum Gasteiger partial charge on any atom is 0.433 e. The summed E-state index contributed by atoms with van der Waals surface area (Å²) in [5.74, 6) is -0.0539. The Labute approximate surface area is 130 Å². The number of halogens is 4. The molecule has 0 aliphatic carbocycles. The van der Waals surface area contributed by atoms with Crippen molar-refractivity contribution in [1.82, 2.24) is 9.97 Å². The summed E-state index contributed by atoms with van der Waals surface area (Å²) in [5.41, 5.74) is 1.27. The van der Waals surface area contributed by atoms with Gasteiger partial charge in [0.05, 0.1) is 0 Å². The number of alkyl halides is 3. The molecule has 1 aromatic carbocycles. The van der Waals surface area contributed by atoms with E-state index in [2.05, 4.69) is 20.6 Å². The zero-order valence-electron chi connectivity index (χ0n) is 12.1. The Kier molecular flexibility index (Phi) is 4.46. The van der Waals surface area contributed by atoms with Gasteiger partial charge in [-0.15, -0.1) is 0 Å². The zero-order valence-corrected chi connectivity index (χ0v) is 12.9. The van der Waals surface area contributed by atoms with Crippen LogP contribution in [0.4, 0.5) is 30.6 Å². The molecular weight excluding hydrogens is 317 g/mol. The molecular formula is C14H14ClF3N4. The molecule has 0 amide bonds. The molecule has 0 fully saturated rings. The van der Waals surface area contributed by atoms with Gasteiger partial charge in [0.2, 0.25) is 5.95 Å². The molecule has 2 N–H and O–H groups in total. The molecule has 2 rings (SSSR count). The summed E-state index contributed by atoms with van der Waals surface area (Å²) in [6, 6.07) is 4.32. The van der Waals surface area contributed by atoms with Crippen molar-refractivity contribution in [3.05, 3.63) is 40.0 Å². The molecule has 0 unspecified atom stereocenters. The van der Waals surface area contributed by atoms with Crippen LogP contribution in [0.1, 0.15) is 16.8 Å². The number of anilines is 3. The molecule has 2 aromatic rings. The molecule has 0 atom stereocenters. The number of nitrogens with one attached hydrogen (secondary N) is 2. The van der Waals surface area contributed by atoms with Crippen molar-refractivity contribution in [2.75, 3.05) is 17.7 Å². The number of benzene rings is 1. The van der Waals surface area contributed by atoms with Crippen molar-refractivity contribution in [2.24, 2.45) is 0 Å². The third-order valence-corrected chi connectivity index (χ3v) is 3.21. The predicted octanol–water partition coefficient (Wildman–Crippen LogP) is 4.55. The third kappa shape index (κ3) is 3.59. The highest BCUT2D eigenvalue weighted by Crippen LogP contribution is 2.32. The van der Waals surface area contributed by atoms with E-state index in [0.29, 0.717) is 10.7 Å². The van der Waals surface area contributed by atoms with Gasteiger partial charge < -0.3 is 10.6 Å². The van der Waals surface area contributed by atoms with E-state index in [1.807, 2.05) is 13.8 Å². The molecule has 1 aromatic heterocycles. The maximum atomic E-state index is 12.9. The van der Waals surface area contributed by atoms with Gasteiger partial charge in [0, 0.05) is 23.8 Å². The Balaban J connectivity index is 2.46. The Hall–Kier alpha value is -2.02. The molecule has 0 saturated heterocycles. The Bertz CT molecular complexity index is 678. The van der Waals surface area contributed by atoms with E-state index in [0.717, 1.165) is 17.2 Å². The third-order valence-electron chi connectivity index (χ3n) is 2.99. The van der Waals surface area contributed by atoms with Crippen LogP contribution < -0.4 is 10.6 Å². The first-order valence-electron chi connectivity index (χ1n) is 6.38. The molecule has 0 aliphatic heterocycles. The van der Waals surface area contributed by atoms with E-state index in [9.17, 15) is 13.2 Å². The summed E-state index contributed by atoms with van der Waals surface area (Å²) in [5, 5.41) is 5.99. The van der Waals surface area contributed by atoms with Gasteiger partial charge in [0.25, 0.3) is 0 Å². The van der Waals surface area contributed by atoms with Crippen LogP contribution in [0.25, 0.3) is 0 Å². The van der Waals surface area contributed by atoms with Crippen LogP contribution in [-0.4, -0.2) is 17.0 Å². The summed E-state index contributed by atoms with van der Waals surface area (Å²) in [4.78, 5) is 7.41. The molecule has 0 saturated carbocycles. The largest absolute Gasteiger partial charge is 0.433 e. The number of hydrogen-bond acceptors (Lipinski definition) is 4.